The fourth-order valence-electron chi connectivity index (χ4n) is 3.37. The predicted molar refractivity (Wildman–Crippen MR) is 128 cm³/mol. The Labute approximate surface area is 227 Å². The molecule has 228 valence electrons. The van der Waals surface area contributed by atoms with Crippen LogP contribution in [0, 0.1) is 0 Å². The van der Waals surface area contributed by atoms with Gasteiger partial charge >= 0.3 is 5.69 Å². The van der Waals surface area contributed by atoms with Gasteiger partial charge in [-0.2, -0.15) is 4.98 Å². The highest BCUT2D eigenvalue weighted by Crippen LogP contribution is 2.60. The molecule has 0 radical (unpaired) electrons. The van der Waals surface area contributed by atoms with E-state index in [9.17, 15) is 48.0 Å². The molecule has 2 rings (SSSR count). The van der Waals surface area contributed by atoms with Gasteiger partial charge < -0.3 is 55.3 Å². The molecule has 2 unspecified atom stereocenters. The number of aliphatic hydroxyl groups is 1. The van der Waals surface area contributed by atoms with E-state index in [-0.39, 0.29) is 30.3 Å². The highest BCUT2D eigenvalue weighted by atomic mass is 31.3. The van der Waals surface area contributed by atoms with Crippen molar-refractivity contribution in [1.82, 2.24) is 14.9 Å². The second kappa shape index (κ2) is 14.9. The fourth-order valence-corrected chi connectivity index (χ4v) is 6.23. The molecule has 40 heavy (non-hydrogen) atoms. The topological polar surface area (TPSA) is 317 Å². The monoisotopic (exact) mass is 631 g/mol. The van der Waals surface area contributed by atoms with Crippen LogP contribution in [0.15, 0.2) is 17.1 Å². The van der Waals surface area contributed by atoms with Crippen molar-refractivity contribution in [3.05, 3.63) is 28.3 Å². The second-order valence-corrected chi connectivity index (χ2v) is 12.6. The Morgan fingerprint density at radius 2 is 1.90 bits per heavy atom. The number of aliphatic hydroxyl groups excluding tert-OH is 1. The SMILES string of the molecule is NCCCCCC(=O)NC/C=C/c1cn([C@H]2C[C@@H](O)[C@@H](COP(=O)([O-])OP(=O)([O-])OP(=O)([O-])[O-])O2)c(=O)nc1N. The Morgan fingerprint density at radius 1 is 1.20 bits per heavy atom. The number of nitrogens with one attached hydrogen (secondary N) is 1. The van der Waals surface area contributed by atoms with Crippen LogP contribution in [-0.4, -0.2) is 52.5 Å². The number of nitrogens with zero attached hydrogens (tertiary/aromatic N) is 2. The number of amides is 1. The van der Waals surface area contributed by atoms with Crippen molar-refractivity contribution in [3.8, 4) is 0 Å². The number of phosphoric acid groups is 3. The van der Waals surface area contributed by atoms with Crippen LogP contribution in [0.2, 0.25) is 0 Å². The summed E-state index contributed by atoms with van der Waals surface area (Å²) in [5, 5.41) is 12.9. The van der Waals surface area contributed by atoms with Crippen molar-refractivity contribution in [1.29, 1.82) is 0 Å². The van der Waals surface area contributed by atoms with Gasteiger partial charge in [-0.1, -0.05) is 18.6 Å². The molecule has 6 N–H and O–H groups in total. The minimum Gasteiger partial charge on any atom is -0.790 e. The lowest BCUT2D eigenvalue weighted by atomic mass is 10.2. The van der Waals surface area contributed by atoms with Gasteiger partial charge in [0.2, 0.25) is 5.91 Å². The molecular weight excluding hydrogens is 603 g/mol. The Morgan fingerprint density at radius 3 is 2.55 bits per heavy atom. The van der Waals surface area contributed by atoms with Gasteiger partial charge in [-0.15, -0.1) is 0 Å². The molecular formula is C18H28N5O14P3-4. The lowest BCUT2D eigenvalue weighted by Crippen LogP contribution is -2.29. The molecule has 19 nitrogen and oxygen atoms in total. The first-order chi connectivity index (χ1) is 18.5. The Balaban J connectivity index is 1.98. The number of unbranched alkanes of at least 4 members (excludes halogenated alkanes) is 2. The number of anilines is 1. The maximum Gasteiger partial charge on any atom is 0.351 e. The van der Waals surface area contributed by atoms with E-state index in [2.05, 4.69) is 23.4 Å². The number of carbonyl (C=O) groups excluding carboxylic acids is 1. The van der Waals surface area contributed by atoms with Crippen molar-refractivity contribution in [2.45, 2.75) is 50.5 Å². The first-order valence-corrected chi connectivity index (χ1v) is 16.0. The van der Waals surface area contributed by atoms with Crippen molar-refractivity contribution in [2.75, 3.05) is 25.4 Å². The first-order valence-electron chi connectivity index (χ1n) is 11.6. The van der Waals surface area contributed by atoms with Crippen LogP contribution in [0.3, 0.4) is 0 Å². The normalized spacial score (nSPS) is 22.7. The summed E-state index contributed by atoms with van der Waals surface area (Å²) >= 11 is 0. The van der Waals surface area contributed by atoms with Crippen LogP contribution >= 0.6 is 23.5 Å². The molecule has 0 bridgehead atoms. The molecule has 0 aromatic carbocycles. The number of hydrogen-bond donors (Lipinski definition) is 4. The molecule has 1 fully saturated rings. The number of hydrogen-bond acceptors (Lipinski definition) is 17. The molecule has 1 aliphatic heterocycles. The number of aromatic nitrogens is 2. The summed E-state index contributed by atoms with van der Waals surface area (Å²) in [4.78, 5) is 71.6. The van der Waals surface area contributed by atoms with E-state index >= 15 is 0 Å². The predicted octanol–water partition coefficient (Wildman–Crippen LogP) is -3.06. The number of nitrogen functional groups attached to an aromatic ring is 1. The van der Waals surface area contributed by atoms with Crippen LogP contribution in [0.1, 0.15) is 43.9 Å². The van der Waals surface area contributed by atoms with Gasteiger partial charge in [0, 0.05) is 31.1 Å². The van der Waals surface area contributed by atoms with E-state index in [0.717, 1.165) is 17.4 Å². The molecule has 1 aliphatic rings. The number of ether oxygens (including phenoxy) is 1. The number of phosphoric ester groups is 1. The highest BCUT2D eigenvalue weighted by Gasteiger charge is 2.37. The smallest absolute Gasteiger partial charge is 0.351 e. The summed E-state index contributed by atoms with van der Waals surface area (Å²) in [7, 11) is -18.1. The zero-order valence-electron chi connectivity index (χ0n) is 20.8. The van der Waals surface area contributed by atoms with Gasteiger partial charge in [-0.25, -0.2) is 9.11 Å². The summed E-state index contributed by atoms with van der Waals surface area (Å²) in [6, 6.07) is 0. The molecule has 2 heterocycles. The minimum atomic E-state index is -6.16. The zero-order valence-corrected chi connectivity index (χ0v) is 23.4. The van der Waals surface area contributed by atoms with Crippen LogP contribution < -0.4 is 42.0 Å². The molecule has 0 spiro atoms. The summed E-state index contributed by atoms with van der Waals surface area (Å²) in [5.74, 6) is -0.299. The Hall–Kier alpha value is -1.82. The van der Waals surface area contributed by atoms with Crippen molar-refractivity contribution in [2.24, 2.45) is 5.73 Å². The van der Waals surface area contributed by atoms with Gasteiger partial charge in [-0.3, -0.25) is 22.8 Å². The van der Waals surface area contributed by atoms with Crippen molar-refractivity contribution >= 4 is 41.3 Å². The fraction of sp³-hybridized carbons (Fsp3) is 0.611. The third kappa shape index (κ3) is 12.0. The lowest BCUT2D eigenvalue weighted by Gasteiger charge is -2.37. The van der Waals surface area contributed by atoms with Crippen molar-refractivity contribution < 1.29 is 61.1 Å². The van der Waals surface area contributed by atoms with Gasteiger partial charge in [0.25, 0.3) is 15.6 Å². The number of nitrogens with two attached hydrogens (primary N) is 2. The molecule has 0 saturated carbocycles. The van der Waals surface area contributed by atoms with E-state index in [1.165, 1.54) is 12.3 Å². The van der Waals surface area contributed by atoms with E-state index in [1.807, 2.05) is 0 Å². The summed E-state index contributed by atoms with van der Waals surface area (Å²) < 4.78 is 50.5. The third-order valence-electron chi connectivity index (χ3n) is 5.14. The summed E-state index contributed by atoms with van der Waals surface area (Å²) in [6.07, 6.45) is 2.71. The van der Waals surface area contributed by atoms with Crippen LogP contribution in [0.4, 0.5) is 5.82 Å². The molecule has 22 heteroatoms. The third-order valence-corrected chi connectivity index (χ3v) is 8.81. The Bertz CT molecular complexity index is 1250. The lowest BCUT2D eigenvalue weighted by molar-refractivity contribution is -0.339. The molecule has 1 aromatic rings. The van der Waals surface area contributed by atoms with E-state index in [1.54, 1.807) is 6.08 Å². The van der Waals surface area contributed by atoms with Crippen LogP contribution in [0.5, 0.6) is 0 Å². The highest BCUT2D eigenvalue weighted by molar-refractivity contribution is 7.64. The standard InChI is InChI=1S/C18H32N5O14P3/c19-7-3-1-2-6-15(25)21-8-4-5-12-10-23(18(26)22-17(12)20)16-9-13(24)14(35-16)11-34-39(30,31)37-40(32,33)36-38(27,28)29/h4-5,10,13-14,16,24H,1-3,6-9,11,19H2,(H,21,25)(H,30,31)(H,32,33)(H2,20,22,26)(H2,27,28,29)/p-4/b5-4+/t13-,14-,16-/m1/s1. The minimum absolute atomic E-state index is 0.140. The Kier molecular flexibility index (Phi) is 12.8. The van der Waals surface area contributed by atoms with E-state index in [4.69, 9.17) is 16.2 Å². The average Bonchev–Trinajstić information content (AvgIpc) is 3.17. The average molecular weight is 631 g/mol. The quantitative estimate of drug-likeness (QED) is 0.104. The largest absolute Gasteiger partial charge is 0.790 e. The number of rotatable bonds is 16. The molecule has 1 saturated heterocycles. The molecule has 1 amide bonds. The number of carbonyl (C=O) groups is 1. The molecule has 1 aromatic heterocycles. The maximum absolute atomic E-state index is 12.4. The van der Waals surface area contributed by atoms with Gasteiger partial charge in [0.05, 0.1) is 20.5 Å². The summed E-state index contributed by atoms with van der Waals surface area (Å²) in [6.45, 7) is -0.311. The van der Waals surface area contributed by atoms with Crippen LogP contribution in [-0.2, 0) is 36.4 Å². The van der Waals surface area contributed by atoms with E-state index < -0.39 is 54.2 Å². The first kappa shape index (κ1) is 34.4. The summed E-state index contributed by atoms with van der Waals surface area (Å²) in [5.41, 5.74) is 10.6. The van der Waals surface area contributed by atoms with Crippen molar-refractivity contribution in [3.63, 3.8) is 0 Å². The van der Waals surface area contributed by atoms with Gasteiger partial charge in [0.1, 0.15) is 18.1 Å². The maximum atomic E-state index is 12.4. The van der Waals surface area contributed by atoms with E-state index in [0.29, 0.717) is 19.4 Å². The van der Waals surface area contributed by atoms with Gasteiger partial charge in [0.15, 0.2) is 0 Å². The molecule has 0 aliphatic carbocycles. The molecule has 5 atom stereocenters. The second-order valence-electron chi connectivity index (χ2n) is 8.31. The van der Waals surface area contributed by atoms with Gasteiger partial charge in [-0.05, 0) is 19.4 Å². The van der Waals surface area contributed by atoms with Crippen LogP contribution in [0.25, 0.3) is 6.08 Å². The zero-order chi connectivity index (χ0) is 30.1.